The lowest BCUT2D eigenvalue weighted by molar-refractivity contribution is -0.137. The molecule has 2 fully saturated rings. The number of aliphatic carboxylic acids is 1. The van der Waals surface area contributed by atoms with Crippen molar-refractivity contribution >= 4 is 17.7 Å². The lowest BCUT2D eigenvalue weighted by Crippen LogP contribution is -2.27. The monoisotopic (exact) mass is 368 g/mol. The number of carboxylic acid groups (broad SMARTS) is 1. The zero-order chi connectivity index (χ0) is 17.9. The van der Waals surface area contributed by atoms with Gasteiger partial charge in [-0.25, -0.2) is 0 Å². The Morgan fingerprint density at radius 3 is 2.64 bits per heavy atom. The Bertz CT molecular complexity index is 410. The van der Waals surface area contributed by atoms with Crippen LogP contribution in [0.25, 0.3) is 0 Å². The maximum atomic E-state index is 10.5. The predicted molar refractivity (Wildman–Crippen MR) is 106 cm³/mol. The third kappa shape index (κ3) is 7.34. The first-order chi connectivity index (χ1) is 12.2. The molecule has 4 atom stereocenters. The predicted octanol–water partition coefficient (Wildman–Crippen LogP) is 5.68. The molecule has 0 aliphatic carbocycles. The van der Waals surface area contributed by atoms with Crippen LogP contribution in [0.3, 0.4) is 0 Å². The van der Waals surface area contributed by atoms with E-state index in [1.165, 1.54) is 56.5 Å². The molecule has 2 aliphatic rings. The number of unbranched alkanes of at least 4 members (excludes halogenated alkanes) is 4. The van der Waals surface area contributed by atoms with Crippen molar-refractivity contribution in [3.05, 3.63) is 12.2 Å². The van der Waals surface area contributed by atoms with Gasteiger partial charge in [0.05, 0.1) is 12.2 Å². The summed E-state index contributed by atoms with van der Waals surface area (Å²) in [4.78, 5) is 10.5. The number of hydrogen-bond donors (Lipinski definition) is 1. The Labute approximate surface area is 158 Å². The average molecular weight is 369 g/mol. The average Bonchev–Trinajstić information content (AvgIpc) is 3.19. The van der Waals surface area contributed by atoms with Gasteiger partial charge in [-0.05, 0) is 68.3 Å². The van der Waals surface area contributed by atoms with E-state index in [2.05, 4.69) is 30.8 Å². The summed E-state index contributed by atoms with van der Waals surface area (Å²) in [6.07, 6.45) is 17.7. The van der Waals surface area contributed by atoms with E-state index in [0.29, 0.717) is 18.1 Å². The van der Waals surface area contributed by atoms with E-state index in [1.54, 1.807) is 0 Å². The second-order valence-electron chi connectivity index (χ2n) is 7.57. The molecule has 2 bridgehead atoms. The summed E-state index contributed by atoms with van der Waals surface area (Å²) in [5, 5.41) is 8.67. The van der Waals surface area contributed by atoms with Crippen LogP contribution in [-0.4, -0.2) is 34.8 Å². The second-order valence-corrected chi connectivity index (χ2v) is 8.80. The van der Waals surface area contributed by atoms with Crippen LogP contribution in [0, 0.1) is 11.8 Å². The summed E-state index contributed by atoms with van der Waals surface area (Å²) in [5.41, 5.74) is 0. The second kappa shape index (κ2) is 12.0. The quantitative estimate of drug-likeness (QED) is 0.316. The van der Waals surface area contributed by atoms with E-state index in [-0.39, 0.29) is 6.42 Å². The van der Waals surface area contributed by atoms with Crippen molar-refractivity contribution in [3.8, 4) is 0 Å². The van der Waals surface area contributed by atoms with Crippen molar-refractivity contribution in [2.45, 2.75) is 89.8 Å². The number of carboxylic acids is 1. The molecule has 0 aromatic carbocycles. The van der Waals surface area contributed by atoms with Gasteiger partial charge >= 0.3 is 5.97 Å². The van der Waals surface area contributed by atoms with E-state index >= 15 is 0 Å². The molecule has 1 N–H and O–H groups in total. The van der Waals surface area contributed by atoms with Crippen molar-refractivity contribution in [1.82, 2.24) is 0 Å². The maximum Gasteiger partial charge on any atom is 0.303 e. The number of allylic oxidation sites excluding steroid dienone is 2. The molecule has 0 radical (unpaired) electrons. The standard InChI is InChI=1S/C21H36O3S/c1-2-3-4-9-15-25-16-14-18-17(19-12-13-20(18)24-19)10-7-5-6-8-11-21(22)23/h5,7,17-20H,2-4,6,8-16H2,1H3,(H,22,23)/b7-5-/t17-,18+,19-,20+/m1/s1. The number of thioether (sulfide) groups is 1. The molecule has 2 saturated heterocycles. The van der Waals surface area contributed by atoms with Crippen molar-refractivity contribution in [1.29, 1.82) is 0 Å². The Morgan fingerprint density at radius 1 is 1.08 bits per heavy atom. The van der Waals surface area contributed by atoms with Crippen LogP contribution in [0.15, 0.2) is 12.2 Å². The van der Waals surface area contributed by atoms with Crippen LogP contribution in [0.1, 0.15) is 77.6 Å². The minimum Gasteiger partial charge on any atom is -0.481 e. The number of rotatable bonds is 14. The third-order valence-corrected chi connectivity index (χ3v) is 6.77. The first-order valence-electron chi connectivity index (χ1n) is 10.3. The maximum absolute atomic E-state index is 10.5. The molecular formula is C21H36O3S. The van der Waals surface area contributed by atoms with Crippen LogP contribution in [-0.2, 0) is 9.53 Å². The minimum absolute atomic E-state index is 0.277. The summed E-state index contributed by atoms with van der Waals surface area (Å²) in [6.45, 7) is 2.27. The SMILES string of the molecule is CCCCCCSCC[C@H]1[C@@H](C/C=C\CCCC(=O)O)[C@H]2CC[C@@H]1O2. The van der Waals surface area contributed by atoms with Crippen molar-refractivity contribution in [2.24, 2.45) is 11.8 Å². The Balaban J connectivity index is 1.63. The molecular weight excluding hydrogens is 332 g/mol. The summed E-state index contributed by atoms with van der Waals surface area (Å²) in [5.74, 6) is 3.33. The molecule has 0 unspecified atom stereocenters. The van der Waals surface area contributed by atoms with Crippen molar-refractivity contribution < 1.29 is 14.6 Å². The van der Waals surface area contributed by atoms with Crippen LogP contribution in [0.4, 0.5) is 0 Å². The van der Waals surface area contributed by atoms with Crippen molar-refractivity contribution in [3.63, 3.8) is 0 Å². The van der Waals surface area contributed by atoms with Gasteiger partial charge in [0.25, 0.3) is 0 Å². The first kappa shape index (κ1) is 20.8. The highest BCUT2D eigenvalue weighted by Crippen LogP contribution is 2.47. The normalized spacial score (nSPS) is 28.2. The van der Waals surface area contributed by atoms with Gasteiger partial charge in [-0.2, -0.15) is 11.8 Å². The molecule has 0 saturated carbocycles. The highest BCUT2D eigenvalue weighted by atomic mass is 32.2. The number of carbonyl (C=O) groups is 1. The summed E-state index contributed by atoms with van der Waals surface area (Å²) in [7, 11) is 0. The highest BCUT2D eigenvalue weighted by molar-refractivity contribution is 7.99. The van der Waals surface area contributed by atoms with Gasteiger partial charge in [-0.1, -0.05) is 38.3 Å². The molecule has 2 rings (SSSR count). The van der Waals surface area contributed by atoms with Crippen LogP contribution >= 0.6 is 11.8 Å². The third-order valence-electron chi connectivity index (χ3n) is 5.66. The van der Waals surface area contributed by atoms with Crippen LogP contribution in [0.2, 0.25) is 0 Å². The van der Waals surface area contributed by atoms with Gasteiger partial charge in [-0.15, -0.1) is 0 Å². The van der Waals surface area contributed by atoms with Gasteiger partial charge in [-0.3, -0.25) is 4.79 Å². The summed E-state index contributed by atoms with van der Waals surface area (Å²) in [6, 6.07) is 0. The van der Waals surface area contributed by atoms with E-state index in [1.807, 2.05) is 0 Å². The fourth-order valence-corrected chi connectivity index (χ4v) is 5.34. The zero-order valence-electron chi connectivity index (χ0n) is 15.8. The molecule has 25 heavy (non-hydrogen) atoms. The largest absolute Gasteiger partial charge is 0.481 e. The fourth-order valence-electron chi connectivity index (χ4n) is 4.29. The van der Waals surface area contributed by atoms with E-state index in [4.69, 9.17) is 9.84 Å². The Kier molecular flexibility index (Phi) is 10.0. The van der Waals surface area contributed by atoms with Gasteiger partial charge in [0.2, 0.25) is 0 Å². The number of fused-ring (bicyclic) bond motifs is 2. The molecule has 0 spiro atoms. The molecule has 3 nitrogen and oxygen atoms in total. The smallest absolute Gasteiger partial charge is 0.303 e. The summed E-state index contributed by atoms with van der Waals surface area (Å²) < 4.78 is 6.20. The molecule has 144 valence electrons. The lowest BCUT2D eigenvalue weighted by Gasteiger charge is -2.27. The topological polar surface area (TPSA) is 46.5 Å². The zero-order valence-corrected chi connectivity index (χ0v) is 16.6. The lowest BCUT2D eigenvalue weighted by atomic mass is 9.76. The van der Waals surface area contributed by atoms with Gasteiger partial charge in [0, 0.05) is 6.42 Å². The number of hydrogen-bond acceptors (Lipinski definition) is 3. The number of ether oxygens (including phenoxy) is 1. The van der Waals surface area contributed by atoms with Crippen LogP contribution < -0.4 is 0 Å². The van der Waals surface area contributed by atoms with E-state index < -0.39 is 5.97 Å². The van der Waals surface area contributed by atoms with E-state index in [9.17, 15) is 4.79 Å². The summed E-state index contributed by atoms with van der Waals surface area (Å²) >= 11 is 2.13. The molecule has 0 amide bonds. The van der Waals surface area contributed by atoms with Gasteiger partial charge in [0.1, 0.15) is 0 Å². The molecule has 0 aromatic heterocycles. The van der Waals surface area contributed by atoms with Gasteiger partial charge < -0.3 is 9.84 Å². The van der Waals surface area contributed by atoms with Gasteiger partial charge in [0.15, 0.2) is 0 Å². The molecule has 2 heterocycles. The fraction of sp³-hybridized carbons (Fsp3) is 0.857. The minimum atomic E-state index is -0.692. The Hall–Kier alpha value is -0.480. The van der Waals surface area contributed by atoms with E-state index in [0.717, 1.165) is 25.2 Å². The Morgan fingerprint density at radius 2 is 1.88 bits per heavy atom. The molecule has 0 aromatic rings. The van der Waals surface area contributed by atoms with Crippen molar-refractivity contribution in [2.75, 3.05) is 11.5 Å². The first-order valence-corrected chi connectivity index (χ1v) is 11.5. The molecule has 4 heteroatoms. The van der Waals surface area contributed by atoms with Crippen LogP contribution in [0.5, 0.6) is 0 Å². The highest BCUT2D eigenvalue weighted by Gasteiger charge is 2.47. The molecule has 2 aliphatic heterocycles.